The Bertz CT molecular complexity index is 646. The van der Waals surface area contributed by atoms with Gasteiger partial charge in [0.25, 0.3) is 0 Å². The van der Waals surface area contributed by atoms with E-state index in [2.05, 4.69) is 25.9 Å². The van der Waals surface area contributed by atoms with Gasteiger partial charge >= 0.3 is 6.09 Å². The molecule has 0 aromatic carbocycles. The van der Waals surface area contributed by atoms with E-state index in [-0.39, 0.29) is 24.0 Å². The zero-order chi connectivity index (χ0) is 21.9. The molecule has 0 aliphatic rings. The predicted octanol–water partition coefficient (Wildman–Crippen LogP) is 3.37. The normalized spacial score (nSPS) is 13.1. The van der Waals surface area contributed by atoms with Crippen LogP contribution in [0.1, 0.15) is 66.1 Å². The van der Waals surface area contributed by atoms with Crippen LogP contribution in [-0.4, -0.2) is 52.9 Å². The summed E-state index contributed by atoms with van der Waals surface area (Å²) >= 11 is 0. The van der Waals surface area contributed by atoms with Crippen LogP contribution in [-0.2, 0) is 4.74 Å². The van der Waals surface area contributed by atoms with Crippen molar-refractivity contribution < 1.29 is 14.6 Å². The number of hydrogen-bond donors (Lipinski definition) is 4. The lowest BCUT2D eigenvalue weighted by Crippen LogP contribution is -2.52. The van der Waals surface area contributed by atoms with Crippen LogP contribution in [0.4, 0.5) is 4.79 Å². The molecule has 0 spiro atoms. The molecule has 9 heteroatoms. The Kier molecular flexibility index (Phi) is 12.9. The molecule has 0 radical (unpaired) electrons. The quantitative estimate of drug-likeness (QED) is 0.220. The average Bonchev–Trinajstić information content (AvgIpc) is 2.68. The number of pyridine rings is 1. The van der Waals surface area contributed by atoms with E-state index in [0.717, 1.165) is 5.56 Å². The maximum Gasteiger partial charge on any atom is 0.408 e. The van der Waals surface area contributed by atoms with Crippen molar-refractivity contribution in [3.8, 4) is 0 Å². The number of nitrogens with zero attached hydrogens (tertiary/aromatic N) is 2. The Morgan fingerprint density at radius 1 is 1.17 bits per heavy atom. The van der Waals surface area contributed by atoms with Crippen LogP contribution in [0.15, 0.2) is 29.5 Å². The summed E-state index contributed by atoms with van der Waals surface area (Å²) in [7, 11) is 0. The number of aliphatic hydroxyl groups excluding tert-OH is 1. The Hall–Kier alpha value is -1.62. The molecule has 172 valence electrons. The van der Waals surface area contributed by atoms with Crippen molar-refractivity contribution in [2.24, 2.45) is 4.99 Å². The van der Waals surface area contributed by atoms with Gasteiger partial charge in [-0.15, -0.1) is 24.0 Å². The number of carbonyl (C=O) groups excluding carboxylic acids is 1. The standard InChI is InChI=1S/C21H37N5O3.HI/c1-7-21(8-2,26-19(28)29-20(4,5)6)15-25-18(23-9-3)24-14-17(27)16-10-12-22-13-11-16;/h10-13,17,27H,7-9,14-15H2,1-6H3,(H,26,28)(H2,23,24,25);1H. The summed E-state index contributed by atoms with van der Waals surface area (Å²) in [5.41, 5.74) is -0.277. The summed E-state index contributed by atoms with van der Waals surface area (Å²) in [6.07, 6.45) is 3.61. The highest BCUT2D eigenvalue weighted by Gasteiger charge is 2.30. The van der Waals surface area contributed by atoms with E-state index < -0.39 is 23.3 Å². The number of aromatic nitrogens is 1. The van der Waals surface area contributed by atoms with Gasteiger partial charge in [0.05, 0.1) is 18.2 Å². The fourth-order valence-corrected chi connectivity index (χ4v) is 2.68. The summed E-state index contributed by atoms with van der Waals surface area (Å²) < 4.78 is 5.41. The maximum absolute atomic E-state index is 12.3. The molecule has 1 amide bonds. The molecule has 0 saturated carbocycles. The lowest BCUT2D eigenvalue weighted by Gasteiger charge is -2.32. The highest BCUT2D eigenvalue weighted by Crippen LogP contribution is 2.18. The summed E-state index contributed by atoms with van der Waals surface area (Å²) in [5, 5.41) is 19.7. The molecule has 1 rings (SSSR count). The summed E-state index contributed by atoms with van der Waals surface area (Å²) in [4.78, 5) is 20.9. The number of carbonyl (C=O) groups is 1. The Balaban J connectivity index is 0.00000841. The van der Waals surface area contributed by atoms with Crippen molar-refractivity contribution in [2.75, 3.05) is 19.6 Å². The Morgan fingerprint density at radius 3 is 2.27 bits per heavy atom. The third kappa shape index (κ3) is 10.4. The van der Waals surface area contributed by atoms with E-state index in [4.69, 9.17) is 4.74 Å². The van der Waals surface area contributed by atoms with Crippen LogP contribution in [0.2, 0.25) is 0 Å². The first kappa shape index (κ1) is 28.4. The van der Waals surface area contributed by atoms with Crippen LogP contribution in [0, 0.1) is 0 Å². The van der Waals surface area contributed by atoms with Gasteiger partial charge in [0.1, 0.15) is 5.60 Å². The smallest absolute Gasteiger partial charge is 0.408 e. The number of rotatable bonds is 9. The van der Waals surface area contributed by atoms with Gasteiger partial charge in [-0.05, 0) is 58.2 Å². The molecule has 0 aliphatic heterocycles. The van der Waals surface area contributed by atoms with Gasteiger partial charge in [-0.25, -0.2) is 4.79 Å². The number of aliphatic imine (C=N–C) groups is 1. The van der Waals surface area contributed by atoms with Crippen LogP contribution >= 0.6 is 24.0 Å². The van der Waals surface area contributed by atoms with E-state index in [1.807, 2.05) is 41.5 Å². The molecular weight excluding hydrogens is 497 g/mol. The Morgan fingerprint density at radius 2 is 1.77 bits per heavy atom. The summed E-state index contributed by atoms with van der Waals surface area (Å²) in [6.45, 7) is 12.9. The van der Waals surface area contributed by atoms with E-state index in [1.54, 1.807) is 24.5 Å². The molecule has 1 atom stereocenters. The van der Waals surface area contributed by atoms with Crippen LogP contribution < -0.4 is 16.0 Å². The highest BCUT2D eigenvalue weighted by atomic mass is 127. The topological polar surface area (TPSA) is 108 Å². The van der Waals surface area contributed by atoms with Crippen molar-refractivity contribution in [2.45, 2.75) is 71.6 Å². The number of guanidine groups is 1. The van der Waals surface area contributed by atoms with E-state index in [0.29, 0.717) is 38.4 Å². The lowest BCUT2D eigenvalue weighted by molar-refractivity contribution is 0.0452. The lowest BCUT2D eigenvalue weighted by atomic mass is 9.93. The minimum atomic E-state index is -0.677. The number of ether oxygens (including phenoxy) is 1. The van der Waals surface area contributed by atoms with Crippen molar-refractivity contribution in [1.82, 2.24) is 20.9 Å². The summed E-state index contributed by atoms with van der Waals surface area (Å²) in [6, 6.07) is 3.56. The molecular formula is C21H38IN5O3. The first-order chi connectivity index (χ1) is 13.6. The van der Waals surface area contributed by atoms with E-state index in [1.165, 1.54) is 0 Å². The van der Waals surface area contributed by atoms with Gasteiger partial charge in [0, 0.05) is 25.5 Å². The second-order valence-electron chi connectivity index (χ2n) is 7.99. The number of aliphatic hydroxyl groups is 1. The van der Waals surface area contributed by atoms with Gasteiger partial charge in [-0.3, -0.25) is 9.98 Å². The molecule has 30 heavy (non-hydrogen) atoms. The first-order valence-corrected chi connectivity index (χ1v) is 10.3. The Labute approximate surface area is 197 Å². The predicted molar refractivity (Wildman–Crippen MR) is 131 cm³/mol. The van der Waals surface area contributed by atoms with Crippen LogP contribution in [0.3, 0.4) is 0 Å². The molecule has 8 nitrogen and oxygen atoms in total. The van der Waals surface area contributed by atoms with Crippen molar-refractivity contribution in [3.63, 3.8) is 0 Å². The second kappa shape index (κ2) is 13.6. The average molecular weight is 535 g/mol. The fourth-order valence-electron chi connectivity index (χ4n) is 2.68. The largest absolute Gasteiger partial charge is 0.444 e. The van der Waals surface area contributed by atoms with Crippen molar-refractivity contribution in [3.05, 3.63) is 30.1 Å². The third-order valence-corrected chi connectivity index (χ3v) is 4.56. The molecule has 1 heterocycles. The van der Waals surface area contributed by atoms with Gasteiger partial charge in [0.2, 0.25) is 0 Å². The maximum atomic E-state index is 12.3. The van der Waals surface area contributed by atoms with Gasteiger partial charge in [0.15, 0.2) is 5.96 Å². The monoisotopic (exact) mass is 535 g/mol. The fraction of sp³-hybridized carbons (Fsp3) is 0.667. The summed E-state index contributed by atoms with van der Waals surface area (Å²) in [5.74, 6) is 0.581. The highest BCUT2D eigenvalue weighted by molar-refractivity contribution is 14.0. The SMILES string of the molecule is CCNC(=NCC(CC)(CC)NC(=O)OC(C)(C)C)NCC(O)c1ccncc1.I. The molecule has 0 aliphatic carbocycles. The zero-order valence-electron chi connectivity index (χ0n) is 19.0. The molecule has 0 fully saturated rings. The number of alkyl carbamates (subject to hydrolysis) is 1. The van der Waals surface area contributed by atoms with Crippen molar-refractivity contribution in [1.29, 1.82) is 0 Å². The zero-order valence-corrected chi connectivity index (χ0v) is 21.3. The minimum Gasteiger partial charge on any atom is -0.444 e. The van der Waals surface area contributed by atoms with Crippen LogP contribution in [0.25, 0.3) is 0 Å². The first-order valence-electron chi connectivity index (χ1n) is 10.3. The van der Waals surface area contributed by atoms with Gasteiger partial charge in [-0.2, -0.15) is 0 Å². The van der Waals surface area contributed by atoms with Crippen molar-refractivity contribution >= 4 is 36.0 Å². The molecule has 1 aromatic rings. The molecule has 4 N–H and O–H groups in total. The molecule has 0 saturated heterocycles. The van der Waals surface area contributed by atoms with E-state index >= 15 is 0 Å². The molecule has 1 aromatic heterocycles. The van der Waals surface area contributed by atoms with E-state index in [9.17, 15) is 9.90 Å². The minimum absolute atomic E-state index is 0. The molecule has 1 unspecified atom stereocenters. The molecule has 0 bridgehead atoms. The number of nitrogens with one attached hydrogen (secondary N) is 3. The van der Waals surface area contributed by atoms with Gasteiger partial charge in [-0.1, -0.05) is 13.8 Å². The van der Waals surface area contributed by atoms with Crippen LogP contribution in [0.5, 0.6) is 0 Å². The number of hydrogen-bond acceptors (Lipinski definition) is 5. The number of amides is 1. The third-order valence-electron chi connectivity index (χ3n) is 4.56. The number of halogens is 1. The van der Waals surface area contributed by atoms with Gasteiger partial charge < -0.3 is 25.8 Å². The second-order valence-corrected chi connectivity index (χ2v) is 7.99.